The number of hydrogen-bond acceptors (Lipinski definition) is 3. The molecule has 0 aliphatic heterocycles. The van der Waals surface area contributed by atoms with Gasteiger partial charge >= 0.3 is 6.03 Å². The second-order valence-corrected chi connectivity index (χ2v) is 3.40. The van der Waals surface area contributed by atoms with Crippen LogP contribution in [0.3, 0.4) is 0 Å². The van der Waals surface area contributed by atoms with E-state index in [1.165, 1.54) is 0 Å². The first-order chi connectivity index (χ1) is 8.13. The SMILES string of the molecule is NC(=O)Nc1ccc(C(=O)NCCCO)cc1. The number of primary amides is 1. The highest BCUT2D eigenvalue weighted by Gasteiger charge is 2.04. The summed E-state index contributed by atoms with van der Waals surface area (Å²) in [5, 5.41) is 13.6. The van der Waals surface area contributed by atoms with Crippen LogP contribution in [0.25, 0.3) is 0 Å². The van der Waals surface area contributed by atoms with E-state index in [9.17, 15) is 9.59 Å². The van der Waals surface area contributed by atoms with Gasteiger partial charge in [-0.05, 0) is 30.7 Å². The third-order valence-corrected chi connectivity index (χ3v) is 2.04. The van der Waals surface area contributed by atoms with Crippen LogP contribution in [0, 0.1) is 0 Å². The van der Waals surface area contributed by atoms with Crippen LogP contribution in [0.5, 0.6) is 0 Å². The molecule has 92 valence electrons. The summed E-state index contributed by atoms with van der Waals surface area (Å²) < 4.78 is 0. The maximum Gasteiger partial charge on any atom is 0.316 e. The lowest BCUT2D eigenvalue weighted by atomic mass is 10.2. The molecule has 0 fully saturated rings. The fraction of sp³-hybridized carbons (Fsp3) is 0.273. The van der Waals surface area contributed by atoms with E-state index in [1.807, 2.05) is 0 Å². The number of carbonyl (C=O) groups is 2. The molecule has 5 N–H and O–H groups in total. The summed E-state index contributed by atoms with van der Waals surface area (Å²) in [5.41, 5.74) is 5.97. The second kappa shape index (κ2) is 6.49. The average molecular weight is 237 g/mol. The smallest absolute Gasteiger partial charge is 0.316 e. The first-order valence-corrected chi connectivity index (χ1v) is 5.19. The molecule has 0 spiro atoms. The first kappa shape index (κ1) is 13.0. The third kappa shape index (κ3) is 4.52. The Hall–Kier alpha value is -2.08. The Kier molecular flexibility index (Phi) is 4.96. The fourth-order valence-corrected chi connectivity index (χ4v) is 1.23. The van der Waals surface area contributed by atoms with E-state index < -0.39 is 6.03 Å². The molecule has 0 radical (unpaired) electrons. The van der Waals surface area contributed by atoms with Crippen molar-refractivity contribution in [2.75, 3.05) is 18.5 Å². The van der Waals surface area contributed by atoms with Gasteiger partial charge in [0.1, 0.15) is 0 Å². The van der Waals surface area contributed by atoms with Gasteiger partial charge in [-0.25, -0.2) is 4.79 Å². The summed E-state index contributed by atoms with van der Waals surface area (Å²) in [7, 11) is 0. The van der Waals surface area contributed by atoms with E-state index in [-0.39, 0.29) is 12.5 Å². The van der Waals surface area contributed by atoms with Crippen molar-refractivity contribution in [1.82, 2.24) is 5.32 Å². The molecule has 0 aliphatic rings. The zero-order chi connectivity index (χ0) is 12.7. The van der Waals surface area contributed by atoms with Crippen LogP contribution in [0.2, 0.25) is 0 Å². The van der Waals surface area contributed by atoms with E-state index in [4.69, 9.17) is 10.8 Å². The van der Waals surface area contributed by atoms with Crippen LogP contribution in [0.1, 0.15) is 16.8 Å². The standard InChI is InChI=1S/C11H15N3O3/c12-11(17)14-9-4-2-8(3-5-9)10(16)13-6-1-7-15/h2-5,15H,1,6-7H2,(H,13,16)(H3,12,14,17). The summed E-state index contributed by atoms with van der Waals surface area (Å²) in [6, 6.07) is 5.70. The summed E-state index contributed by atoms with van der Waals surface area (Å²) in [4.78, 5) is 22.1. The fourth-order valence-electron chi connectivity index (χ4n) is 1.23. The summed E-state index contributed by atoms with van der Waals surface area (Å²) in [5.74, 6) is -0.218. The molecule has 0 saturated carbocycles. The zero-order valence-electron chi connectivity index (χ0n) is 9.27. The Morgan fingerprint density at radius 3 is 2.41 bits per heavy atom. The molecular weight excluding hydrogens is 222 g/mol. The molecule has 0 saturated heterocycles. The highest BCUT2D eigenvalue weighted by Crippen LogP contribution is 2.08. The Bertz CT molecular complexity index is 389. The molecule has 0 aromatic heterocycles. The number of amides is 3. The average Bonchev–Trinajstić information content (AvgIpc) is 2.29. The molecule has 17 heavy (non-hydrogen) atoms. The highest BCUT2D eigenvalue weighted by molar-refractivity contribution is 5.95. The molecule has 6 heteroatoms. The van der Waals surface area contributed by atoms with Crippen molar-refractivity contribution in [3.8, 4) is 0 Å². The molecule has 0 aliphatic carbocycles. The molecule has 1 aromatic carbocycles. The van der Waals surface area contributed by atoms with Gasteiger partial charge in [-0.15, -0.1) is 0 Å². The molecule has 0 unspecified atom stereocenters. The number of anilines is 1. The van der Waals surface area contributed by atoms with Crippen molar-refractivity contribution in [2.24, 2.45) is 5.73 Å². The van der Waals surface area contributed by atoms with Gasteiger partial charge in [0, 0.05) is 24.4 Å². The molecule has 0 bridgehead atoms. The van der Waals surface area contributed by atoms with Crippen molar-refractivity contribution in [2.45, 2.75) is 6.42 Å². The van der Waals surface area contributed by atoms with E-state index in [0.717, 1.165) is 0 Å². The summed E-state index contributed by atoms with van der Waals surface area (Å²) in [6.07, 6.45) is 0.521. The van der Waals surface area contributed by atoms with Gasteiger partial charge in [0.05, 0.1) is 0 Å². The number of nitrogens with two attached hydrogens (primary N) is 1. The minimum Gasteiger partial charge on any atom is -0.396 e. The first-order valence-electron chi connectivity index (χ1n) is 5.19. The second-order valence-electron chi connectivity index (χ2n) is 3.40. The number of hydrogen-bond donors (Lipinski definition) is 4. The van der Waals surface area contributed by atoms with E-state index in [0.29, 0.717) is 24.2 Å². The molecular formula is C11H15N3O3. The van der Waals surface area contributed by atoms with E-state index >= 15 is 0 Å². The van der Waals surface area contributed by atoms with Gasteiger partial charge in [0.25, 0.3) is 5.91 Å². The van der Waals surface area contributed by atoms with Gasteiger partial charge in [-0.3, -0.25) is 4.79 Å². The summed E-state index contributed by atoms with van der Waals surface area (Å²) in [6.45, 7) is 0.471. The van der Waals surface area contributed by atoms with Crippen LogP contribution in [0.4, 0.5) is 10.5 Å². The lowest BCUT2D eigenvalue weighted by Gasteiger charge is -2.05. The number of rotatable bonds is 5. The Balaban J connectivity index is 2.54. The normalized spacial score (nSPS) is 9.71. The number of benzene rings is 1. The zero-order valence-corrected chi connectivity index (χ0v) is 9.27. The number of carbonyl (C=O) groups excluding carboxylic acids is 2. The van der Waals surface area contributed by atoms with Crippen molar-refractivity contribution in [1.29, 1.82) is 0 Å². The minimum absolute atomic E-state index is 0.0434. The molecule has 1 aromatic rings. The van der Waals surface area contributed by atoms with E-state index in [1.54, 1.807) is 24.3 Å². The number of aliphatic hydroxyl groups is 1. The van der Waals surface area contributed by atoms with Crippen LogP contribution >= 0.6 is 0 Å². The van der Waals surface area contributed by atoms with Gasteiger partial charge in [0.15, 0.2) is 0 Å². The molecule has 3 amide bonds. The van der Waals surface area contributed by atoms with Crippen LogP contribution in [-0.4, -0.2) is 30.2 Å². The Morgan fingerprint density at radius 1 is 1.24 bits per heavy atom. The topological polar surface area (TPSA) is 104 Å². The van der Waals surface area contributed by atoms with Gasteiger partial charge in [-0.1, -0.05) is 0 Å². The molecule has 1 rings (SSSR count). The van der Waals surface area contributed by atoms with Gasteiger partial charge in [-0.2, -0.15) is 0 Å². The van der Waals surface area contributed by atoms with Crippen molar-refractivity contribution >= 4 is 17.6 Å². The van der Waals surface area contributed by atoms with Crippen molar-refractivity contribution in [3.05, 3.63) is 29.8 Å². The lowest BCUT2D eigenvalue weighted by molar-refractivity contribution is 0.0951. The number of aliphatic hydroxyl groups excluding tert-OH is 1. The number of urea groups is 1. The Labute approximate surface area is 98.8 Å². The lowest BCUT2D eigenvalue weighted by Crippen LogP contribution is -2.25. The maximum absolute atomic E-state index is 11.5. The minimum atomic E-state index is -0.648. The maximum atomic E-state index is 11.5. The van der Waals surface area contributed by atoms with E-state index in [2.05, 4.69) is 10.6 Å². The van der Waals surface area contributed by atoms with Crippen LogP contribution < -0.4 is 16.4 Å². The molecule has 0 heterocycles. The van der Waals surface area contributed by atoms with Crippen molar-refractivity contribution < 1.29 is 14.7 Å². The summed E-state index contributed by atoms with van der Waals surface area (Å²) >= 11 is 0. The van der Waals surface area contributed by atoms with Crippen LogP contribution in [0.15, 0.2) is 24.3 Å². The Morgan fingerprint density at radius 2 is 1.88 bits per heavy atom. The van der Waals surface area contributed by atoms with Crippen molar-refractivity contribution in [3.63, 3.8) is 0 Å². The monoisotopic (exact) mass is 237 g/mol. The predicted molar refractivity (Wildman–Crippen MR) is 63.7 cm³/mol. The molecule has 0 atom stereocenters. The predicted octanol–water partition coefficient (Wildman–Crippen LogP) is 0.289. The quantitative estimate of drug-likeness (QED) is 0.553. The largest absolute Gasteiger partial charge is 0.396 e. The van der Waals surface area contributed by atoms with Gasteiger partial charge in [0.2, 0.25) is 0 Å². The molecule has 6 nitrogen and oxygen atoms in total. The van der Waals surface area contributed by atoms with Gasteiger partial charge < -0.3 is 21.5 Å². The third-order valence-electron chi connectivity index (χ3n) is 2.04. The highest BCUT2D eigenvalue weighted by atomic mass is 16.3. The number of nitrogens with one attached hydrogen (secondary N) is 2. The van der Waals surface area contributed by atoms with Crippen LogP contribution in [-0.2, 0) is 0 Å².